The Morgan fingerprint density at radius 3 is 2.40 bits per heavy atom. The molecule has 2 N–H and O–H groups in total. The second-order valence-corrected chi connectivity index (χ2v) is 9.39. The number of fused-ring (bicyclic) bond motifs is 1. The number of nitrogens with zero attached hydrogens (tertiary/aromatic N) is 3. The van der Waals surface area contributed by atoms with Crippen molar-refractivity contribution in [2.24, 2.45) is 11.3 Å². The molecular weight excluding hydrogens is 382 g/mol. The average Bonchev–Trinajstić information content (AvgIpc) is 2.72. The van der Waals surface area contributed by atoms with E-state index in [2.05, 4.69) is 30.9 Å². The Balaban J connectivity index is 1.56. The van der Waals surface area contributed by atoms with Crippen molar-refractivity contribution in [1.82, 2.24) is 9.80 Å². The van der Waals surface area contributed by atoms with Crippen molar-refractivity contribution in [1.29, 1.82) is 0 Å². The number of likely N-dealkylation sites (tertiary alicyclic amines) is 1. The van der Waals surface area contributed by atoms with Crippen LogP contribution in [0.5, 0.6) is 5.75 Å². The number of hydrogen-bond donors (Lipinski definition) is 2. The van der Waals surface area contributed by atoms with Gasteiger partial charge in [0.2, 0.25) is 0 Å². The molecule has 30 heavy (non-hydrogen) atoms. The molecule has 4 unspecified atom stereocenters. The summed E-state index contributed by atoms with van der Waals surface area (Å²) in [5.41, 5.74) is 1.04. The van der Waals surface area contributed by atoms with Crippen molar-refractivity contribution >= 4 is 11.7 Å². The maximum Gasteiger partial charge on any atom is 0.320 e. The Labute approximate surface area is 179 Å². The highest BCUT2D eigenvalue weighted by Crippen LogP contribution is 2.64. The van der Waals surface area contributed by atoms with Crippen LogP contribution >= 0.6 is 0 Å². The number of benzene rings is 1. The molecule has 0 spiro atoms. The lowest BCUT2D eigenvalue weighted by Crippen LogP contribution is -2.83. The number of aliphatic hydroxyl groups is 2. The molecule has 4 atom stereocenters. The molecule has 3 aliphatic rings. The highest BCUT2D eigenvalue weighted by atomic mass is 16.5. The van der Waals surface area contributed by atoms with E-state index in [-0.39, 0.29) is 43.3 Å². The third kappa shape index (κ3) is 3.14. The molecule has 2 saturated heterocycles. The number of amides is 2. The van der Waals surface area contributed by atoms with Gasteiger partial charge in [0.25, 0.3) is 0 Å². The second kappa shape index (κ2) is 7.93. The molecule has 1 aromatic rings. The van der Waals surface area contributed by atoms with Crippen LogP contribution in [0.4, 0.5) is 10.5 Å². The van der Waals surface area contributed by atoms with Gasteiger partial charge in [-0.3, -0.25) is 0 Å². The molecule has 2 bridgehead atoms. The van der Waals surface area contributed by atoms with Crippen LogP contribution in [0.1, 0.15) is 33.6 Å². The van der Waals surface area contributed by atoms with Crippen molar-refractivity contribution in [3.05, 3.63) is 24.3 Å². The lowest BCUT2D eigenvalue weighted by Gasteiger charge is -2.74. The van der Waals surface area contributed by atoms with Gasteiger partial charge < -0.3 is 29.6 Å². The van der Waals surface area contributed by atoms with Gasteiger partial charge in [-0.1, -0.05) is 6.92 Å². The van der Waals surface area contributed by atoms with E-state index in [0.29, 0.717) is 18.6 Å². The molecule has 1 aliphatic carbocycles. The SMILES string of the molecule is CCOc1ccc(N2CC3CN(C(=O)N(CCO)CCO)C4(C)CC2C4(C)C3)cc1. The van der Waals surface area contributed by atoms with Gasteiger partial charge in [-0.2, -0.15) is 0 Å². The number of aliphatic hydroxyl groups excluding tert-OH is 2. The van der Waals surface area contributed by atoms with Crippen molar-refractivity contribution in [2.75, 3.05) is 50.9 Å². The zero-order valence-electron chi connectivity index (χ0n) is 18.4. The van der Waals surface area contributed by atoms with Gasteiger partial charge in [-0.05, 0) is 56.9 Å². The third-order valence-electron chi connectivity index (χ3n) is 7.86. The monoisotopic (exact) mass is 417 g/mol. The molecule has 1 saturated carbocycles. The summed E-state index contributed by atoms with van der Waals surface area (Å²) >= 11 is 0. The van der Waals surface area contributed by atoms with Gasteiger partial charge in [0.05, 0.1) is 25.4 Å². The van der Waals surface area contributed by atoms with Crippen molar-refractivity contribution in [2.45, 2.75) is 45.2 Å². The van der Waals surface area contributed by atoms with Crippen molar-refractivity contribution < 1.29 is 19.7 Å². The molecule has 4 rings (SSSR count). The Morgan fingerprint density at radius 2 is 1.80 bits per heavy atom. The molecule has 0 radical (unpaired) electrons. The Morgan fingerprint density at radius 1 is 1.13 bits per heavy atom. The van der Waals surface area contributed by atoms with Crippen LogP contribution in [0, 0.1) is 11.3 Å². The Kier molecular flexibility index (Phi) is 5.62. The van der Waals surface area contributed by atoms with Gasteiger partial charge in [0.15, 0.2) is 0 Å². The Bertz CT molecular complexity index is 766. The summed E-state index contributed by atoms with van der Waals surface area (Å²) in [4.78, 5) is 19.5. The maximum absolute atomic E-state index is 13.3. The molecule has 2 amide bonds. The molecule has 7 heteroatoms. The number of carbonyl (C=O) groups excluding carboxylic acids is 1. The lowest BCUT2D eigenvalue weighted by molar-refractivity contribution is -0.165. The first-order chi connectivity index (χ1) is 14.4. The molecule has 166 valence electrons. The van der Waals surface area contributed by atoms with Crippen LogP contribution in [0.25, 0.3) is 0 Å². The molecule has 2 aliphatic heterocycles. The number of anilines is 1. The van der Waals surface area contributed by atoms with E-state index in [1.807, 2.05) is 24.0 Å². The summed E-state index contributed by atoms with van der Waals surface area (Å²) in [5.74, 6) is 1.30. The predicted molar refractivity (Wildman–Crippen MR) is 116 cm³/mol. The maximum atomic E-state index is 13.3. The van der Waals surface area contributed by atoms with Gasteiger partial charge in [-0.25, -0.2) is 4.79 Å². The molecule has 7 nitrogen and oxygen atoms in total. The Hall–Kier alpha value is -1.99. The standard InChI is InChI=1S/C23H35N3O4/c1-4-30-19-7-5-18(6-8-19)25-15-17-13-22(2)20(25)14-23(22,3)26(16-17)21(29)24(9-11-27)10-12-28/h5-8,17,20,27-28H,4,9-16H2,1-3H3. The van der Waals surface area contributed by atoms with Gasteiger partial charge in [0.1, 0.15) is 5.75 Å². The summed E-state index contributed by atoms with van der Waals surface area (Å²) in [5, 5.41) is 18.7. The van der Waals surface area contributed by atoms with Crippen LogP contribution in [0.3, 0.4) is 0 Å². The smallest absolute Gasteiger partial charge is 0.320 e. The zero-order valence-corrected chi connectivity index (χ0v) is 18.4. The number of ether oxygens (including phenoxy) is 1. The van der Waals surface area contributed by atoms with Crippen LogP contribution in [-0.4, -0.2) is 83.6 Å². The zero-order chi connectivity index (χ0) is 21.5. The van der Waals surface area contributed by atoms with Gasteiger partial charge >= 0.3 is 6.03 Å². The van der Waals surface area contributed by atoms with E-state index in [1.165, 1.54) is 5.69 Å². The van der Waals surface area contributed by atoms with Gasteiger partial charge in [0, 0.05) is 43.3 Å². The van der Waals surface area contributed by atoms with E-state index in [9.17, 15) is 15.0 Å². The predicted octanol–water partition coefficient (Wildman–Crippen LogP) is 2.17. The average molecular weight is 418 g/mol. The molecule has 3 fully saturated rings. The van der Waals surface area contributed by atoms with Crippen molar-refractivity contribution in [3.63, 3.8) is 0 Å². The minimum absolute atomic E-state index is 0.0204. The number of piperidine rings is 2. The molecule has 1 aromatic carbocycles. The number of carbonyl (C=O) groups is 1. The summed E-state index contributed by atoms with van der Waals surface area (Å²) < 4.78 is 5.59. The topological polar surface area (TPSA) is 76.5 Å². The summed E-state index contributed by atoms with van der Waals surface area (Å²) in [6, 6.07) is 8.74. The molecular formula is C23H35N3O4. The molecule has 2 heterocycles. The fourth-order valence-electron chi connectivity index (χ4n) is 6.13. The fraction of sp³-hybridized carbons (Fsp3) is 0.696. The minimum atomic E-state index is -0.210. The highest BCUT2D eigenvalue weighted by Gasteiger charge is 2.70. The normalized spacial score (nSPS) is 31.9. The van der Waals surface area contributed by atoms with Crippen LogP contribution in [0.2, 0.25) is 0 Å². The lowest BCUT2D eigenvalue weighted by atomic mass is 9.45. The minimum Gasteiger partial charge on any atom is -0.494 e. The summed E-state index contributed by atoms with van der Waals surface area (Å²) in [6.07, 6.45) is 2.06. The largest absolute Gasteiger partial charge is 0.494 e. The summed E-state index contributed by atoms with van der Waals surface area (Å²) in [7, 11) is 0. The molecule has 0 aromatic heterocycles. The van der Waals surface area contributed by atoms with E-state index < -0.39 is 0 Å². The first kappa shape index (κ1) is 21.2. The summed E-state index contributed by atoms with van der Waals surface area (Å²) in [6.45, 7) is 9.20. The second-order valence-electron chi connectivity index (χ2n) is 9.39. The van der Waals surface area contributed by atoms with E-state index in [1.54, 1.807) is 4.90 Å². The first-order valence-corrected chi connectivity index (χ1v) is 11.2. The van der Waals surface area contributed by atoms with Gasteiger partial charge in [-0.15, -0.1) is 0 Å². The first-order valence-electron chi connectivity index (χ1n) is 11.2. The fourth-order valence-corrected chi connectivity index (χ4v) is 6.13. The van der Waals surface area contributed by atoms with Crippen LogP contribution in [-0.2, 0) is 0 Å². The number of hydrogen-bond acceptors (Lipinski definition) is 5. The van der Waals surface area contributed by atoms with E-state index >= 15 is 0 Å². The quantitative estimate of drug-likeness (QED) is 0.711. The van der Waals surface area contributed by atoms with E-state index in [4.69, 9.17) is 4.74 Å². The van der Waals surface area contributed by atoms with Crippen LogP contribution < -0.4 is 9.64 Å². The van der Waals surface area contributed by atoms with Crippen LogP contribution in [0.15, 0.2) is 24.3 Å². The number of rotatable bonds is 7. The third-order valence-corrected chi connectivity index (χ3v) is 7.86. The highest BCUT2D eigenvalue weighted by molar-refractivity contribution is 5.76. The van der Waals surface area contributed by atoms with E-state index in [0.717, 1.165) is 31.7 Å². The number of urea groups is 1. The van der Waals surface area contributed by atoms with Crippen molar-refractivity contribution in [3.8, 4) is 5.75 Å².